The molecule has 0 bridgehead atoms. The predicted molar refractivity (Wildman–Crippen MR) is 50.9 cm³/mol. The average Bonchev–Trinajstić information content (AvgIpc) is 2.79. The van der Waals surface area contributed by atoms with Gasteiger partial charge in [0.2, 0.25) is 5.96 Å². The maximum absolute atomic E-state index is 10.8. The molecule has 0 unspecified atom stereocenters. The van der Waals surface area contributed by atoms with Crippen LogP contribution >= 0.6 is 0 Å². The molecular formula is C8H9N5O2. The molecule has 7 heteroatoms. The minimum absolute atomic E-state index is 0.205. The van der Waals surface area contributed by atoms with Gasteiger partial charge in [-0.25, -0.2) is 4.98 Å². The van der Waals surface area contributed by atoms with Gasteiger partial charge in [0.1, 0.15) is 5.82 Å². The van der Waals surface area contributed by atoms with Crippen LogP contribution in [0.25, 0.3) is 0 Å². The molecule has 2 rings (SSSR count). The molecule has 1 aliphatic heterocycles. The molecule has 0 radical (unpaired) electrons. The minimum atomic E-state index is -0.674. The third-order valence-corrected chi connectivity index (χ3v) is 1.84. The summed E-state index contributed by atoms with van der Waals surface area (Å²) in [6, 6.07) is 0. The van der Waals surface area contributed by atoms with E-state index in [0.717, 1.165) is 5.82 Å². The fourth-order valence-electron chi connectivity index (χ4n) is 1.15. The van der Waals surface area contributed by atoms with Crippen molar-refractivity contribution in [2.75, 3.05) is 6.54 Å². The summed E-state index contributed by atoms with van der Waals surface area (Å²) in [5, 5.41) is 4.61. The van der Waals surface area contributed by atoms with Gasteiger partial charge in [0.05, 0.1) is 0 Å². The first-order valence-corrected chi connectivity index (χ1v) is 4.41. The Labute approximate surface area is 85.0 Å². The summed E-state index contributed by atoms with van der Waals surface area (Å²) in [6.07, 6.45) is 4.01. The van der Waals surface area contributed by atoms with Gasteiger partial charge >= 0.3 is 11.8 Å². The number of rotatable bonds is 3. The molecule has 15 heavy (non-hydrogen) atoms. The number of carbonyl (C=O) groups is 2. The van der Waals surface area contributed by atoms with Crippen LogP contribution in [0.3, 0.4) is 0 Å². The average molecular weight is 207 g/mol. The highest BCUT2D eigenvalue weighted by Gasteiger charge is 2.24. The van der Waals surface area contributed by atoms with Gasteiger partial charge in [-0.2, -0.15) is 0 Å². The number of hydrogen-bond donors (Lipinski definition) is 3. The molecule has 0 spiro atoms. The molecule has 0 aromatic carbocycles. The molecule has 2 heterocycles. The highest BCUT2D eigenvalue weighted by molar-refractivity contribution is 6.45. The quantitative estimate of drug-likeness (QED) is 0.529. The second-order valence-corrected chi connectivity index (χ2v) is 2.92. The smallest absolute Gasteiger partial charge is 0.316 e. The molecule has 1 fully saturated rings. The summed E-state index contributed by atoms with van der Waals surface area (Å²) in [6.45, 7) is 0.448. The normalized spacial score (nSPS) is 15.1. The summed E-state index contributed by atoms with van der Waals surface area (Å²) in [7, 11) is 0. The summed E-state index contributed by atoms with van der Waals surface area (Å²) >= 11 is 0. The number of aromatic amines is 1. The molecule has 1 aromatic heterocycles. The van der Waals surface area contributed by atoms with Crippen molar-refractivity contribution < 1.29 is 9.59 Å². The fraction of sp³-hybridized carbons (Fsp3) is 0.250. The van der Waals surface area contributed by atoms with Gasteiger partial charge in [-0.1, -0.05) is 0 Å². The lowest BCUT2D eigenvalue weighted by Gasteiger charge is -1.95. The number of nitrogens with one attached hydrogen (secondary N) is 3. The summed E-state index contributed by atoms with van der Waals surface area (Å²) in [4.78, 5) is 32.4. The highest BCUT2D eigenvalue weighted by atomic mass is 16.2. The lowest BCUT2D eigenvalue weighted by atomic mass is 10.4. The van der Waals surface area contributed by atoms with Gasteiger partial charge in [-0.05, 0) is 0 Å². The molecule has 1 aliphatic rings. The molecule has 2 amide bonds. The van der Waals surface area contributed by atoms with Gasteiger partial charge in [0.15, 0.2) is 0 Å². The summed E-state index contributed by atoms with van der Waals surface area (Å²) in [5.41, 5.74) is 0. The largest absolute Gasteiger partial charge is 0.349 e. The number of hydrogen-bond acceptors (Lipinski definition) is 4. The number of aromatic nitrogens is 2. The van der Waals surface area contributed by atoms with E-state index in [1.807, 2.05) is 0 Å². The Morgan fingerprint density at radius 2 is 2.00 bits per heavy atom. The van der Waals surface area contributed by atoms with Crippen molar-refractivity contribution in [3.63, 3.8) is 0 Å². The molecule has 7 nitrogen and oxygen atoms in total. The fourth-order valence-corrected chi connectivity index (χ4v) is 1.15. The standard InChI is InChI=1S/C8H9N5O2/c14-6-7(15)13-8(12-6)11-2-1-5-9-3-4-10-5/h3-4H,1-2H2,(H,9,10)(H2,11,12,13,14,15). The third-order valence-electron chi connectivity index (χ3n) is 1.84. The molecule has 0 saturated carbocycles. The zero-order chi connectivity index (χ0) is 10.7. The van der Waals surface area contributed by atoms with Crippen LogP contribution in [0, 0.1) is 0 Å². The molecule has 1 saturated heterocycles. The SMILES string of the molecule is O=C1NC(=NCCc2ncc[nH]2)NC1=O. The van der Waals surface area contributed by atoms with Crippen LogP contribution in [0.4, 0.5) is 0 Å². The Kier molecular flexibility index (Phi) is 2.44. The Balaban J connectivity index is 1.85. The third kappa shape index (κ3) is 2.19. The first-order chi connectivity index (χ1) is 7.25. The van der Waals surface area contributed by atoms with Crippen LogP contribution in [-0.2, 0) is 16.0 Å². The van der Waals surface area contributed by atoms with E-state index in [-0.39, 0.29) is 5.96 Å². The first-order valence-electron chi connectivity index (χ1n) is 4.41. The van der Waals surface area contributed by atoms with Crippen LogP contribution < -0.4 is 10.6 Å². The maximum atomic E-state index is 10.8. The number of carbonyl (C=O) groups excluding carboxylic acids is 2. The van der Waals surface area contributed by atoms with Crippen molar-refractivity contribution >= 4 is 17.8 Å². The van der Waals surface area contributed by atoms with Gasteiger partial charge in [-0.3, -0.25) is 25.2 Å². The zero-order valence-corrected chi connectivity index (χ0v) is 7.78. The van der Waals surface area contributed by atoms with Crippen LogP contribution in [-0.4, -0.2) is 34.3 Å². The van der Waals surface area contributed by atoms with Crippen LogP contribution in [0.2, 0.25) is 0 Å². The summed E-state index contributed by atoms with van der Waals surface area (Å²) < 4.78 is 0. The van der Waals surface area contributed by atoms with Crippen molar-refractivity contribution in [1.29, 1.82) is 0 Å². The van der Waals surface area contributed by atoms with E-state index in [1.165, 1.54) is 0 Å². The van der Waals surface area contributed by atoms with Crippen molar-refractivity contribution in [2.24, 2.45) is 4.99 Å². The highest BCUT2D eigenvalue weighted by Crippen LogP contribution is 1.91. The van der Waals surface area contributed by atoms with E-state index in [4.69, 9.17) is 0 Å². The Morgan fingerprint density at radius 1 is 1.27 bits per heavy atom. The second kappa shape index (κ2) is 3.91. The van der Waals surface area contributed by atoms with E-state index in [9.17, 15) is 9.59 Å². The van der Waals surface area contributed by atoms with E-state index < -0.39 is 11.8 Å². The first kappa shape index (κ1) is 9.38. The van der Waals surface area contributed by atoms with Gasteiger partial charge in [-0.15, -0.1) is 0 Å². The molecule has 3 N–H and O–H groups in total. The number of aliphatic imine (C=N–C) groups is 1. The van der Waals surface area contributed by atoms with Crippen molar-refractivity contribution in [2.45, 2.75) is 6.42 Å². The minimum Gasteiger partial charge on any atom is -0.349 e. The van der Waals surface area contributed by atoms with E-state index in [0.29, 0.717) is 13.0 Å². The lowest BCUT2D eigenvalue weighted by molar-refractivity contribution is -0.135. The molecular weight excluding hydrogens is 198 g/mol. The number of guanidine groups is 1. The molecule has 0 atom stereocenters. The van der Waals surface area contributed by atoms with E-state index in [2.05, 4.69) is 25.6 Å². The van der Waals surface area contributed by atoms with E-state index >= 15 is 0 Å². The second-order valence-electron chi connectivity index (χ2n) is 2.92. The zero-order valence-electron chi connectivity index (χ0n) is 7.78. The Morgan fingerprint density at radius 3 is 2.60 bits per heavy atom. The molecule has 78 valence electrons. The monoisotopic (exact) mass is 207 g/mol. The van der Waals surface area contributed by atoms with Crippen molar-refractivity contribution in [3.8, 4) is 0 Å². The van der Waals surface area contributed by atoms with Crippen molar-refractivity contribution in [3.05, 3.63) is 18.2 Å². The van der Waals surface area contributed by atoms with E-state index in [1.54, 1.807) is 12.4 Å². The van der Waals surface area contributed by atoms with Gasteiger partial charge in [0.25, 0.3) is 0 Å². The topological polar surface area (TPSA) is 99.2 Å². The maximum Gasteiger partial charge on any atom is 0.316 e. The Bertz CT molecular complexity index is 391. The van der Waals surface area contributed by atoms with Crippen LogP contribution in [0.1, 0.15) is 5.82 Å². The molecule has 0 aliphatic carbocycles. The number of imidazole rings is 1. The van der Waals surface area contributed by atoms with Crippen LogP contribution in [0.5, 0.6) is 0 Å². The van der Waals surface area contributed by atoms with Gasteiger partial charge in [0, 0.05) is 25.4 Å². The van der Waals surface area contributed by atoms with Crippen LogP contribution in [0.15, 0.2) is 17.4 Å². The number of H-pyrrole nitrogens is 1. The predicted octanol–water partition coefficient (Wildman–Crippen LogP) is -1.45. The Hall–Kier alpha value is -2.18. The number of amides is 2. The number of nitrogens with zero attached hydrogens (tertiary/aromatic N) is 2. The lowest BCUT2D eigenvalue weighted by Crippen LogP contribution is -2.26. The summed E-state index contributed by atoms with van der Waals surface area (Å²) in [5.74, 6) is -0.329. The van der Waals surface area contributed by atoms with Crippen molar-refractivity contribution in [1.82, 2.24) is 20.6 Å². The molecule has 1 aromatic rings. The van der Waals surface area contributed by atoms with Gasteiger partial charge < -0.3 is 4.98 Å².